The smallest absolute Gasteiger partial charge is 0.222 e. The summed E-state index contributed by atoms with van der Waals surface area (Å²) >= 11 is 0. The SMILES string of the molecule is Fc1cnc(NC[C@@H]2CCCN2)nc1. The van der Waals surface area contributed by atoms with E-state index in [0.717, 1.165) is 25.5 Å². The lowest BCUT2D eigenvalue weighted by Gasteiger charge is -2.10. The second-order valence-electron chi connectivity index (χ2n) is 3.40. The van der Waals surface area contributed by atoms with Gasteiger partial charge in [0, 0.05) is 12.6 Å². The van der Waals surface area contributed by atoms with Crippen LogP contribution < -0.4 is 10.6 Å². The molecule has 5 heteroatoms. The van der Waals surface area contributed by atoms with E-state index in [1.165, 1.54) is 12.8 Å². The Morgan fingerprint density at radius 3 is 2.93 bits per heavy atom. The van der Waals surface area contributed by atoms with Crippen LogP contribution in [0, 0.1) is 5.82 Å². The van der Waals surface area contributed by atoms with Crippen LogP contribution in [0.15, 0.2) is 12.4 Å². The molecule has 0 spiro atoms. The number of rotatable bonds is 3. The molecule has 0 radical (unpaired) electrons. The van der Waals surface area contributed by atoms with Crippen molar-refractivity contribution in [1.29, 1.82) is 0 Å². The number of nitrogens with one attached hydrogen (secondary N) is 2. The van der Waals surface area contributed by atoms with Crippen LogP contribution in [-0.2, 0) is 0 Å². The molecule has 0 amide bonds. The molecule has 0 unspecified atom stereocenters. The van der Waals surface area contributed by atoms with E-state index in [0.29, 0.717) is 12.0 Å². The molecule has 0 bridgehead atoms. The average molecular weight is 196 g/mol. The molecule has 2 N–H and O–H groups in total. The lowest BCUT2D eigenvalue weighted by atomic mass is 10.2. The first kappa shape index (κ1) is 9.33. The van der Waals surface area contributed by atoms with Gasteiger partial charge in [-0.1, -0.05) is 0 Å². The van der Waals surface area contributed by atoms with Crippen molar-refractivity contribution < 1.29 is 4.39 Å². The second-order valence-corrected chi connectivity index (χ2v) is 3.40. The molecule has 1 saturated heterocycles. The highest BCUT2D eigenvalue weighted by Gasteiger charge is 2.13. The minimum atomic E-state index is -0.408. The van der Waals surface area contributed by atoms with Crippen LogP contribution in [0.1, 0.15) is 12.8 Å². The molecular weight excluding hydrogens is 183 g/mol. The third kappa shape index (κ3) is 2.38. The summed E-state index contributed by atoms with van der Waals surface area (Å²) in [5.41, 5.74) is 0. The number of anilines is 1. The zero-order valence-electron chi connectivity index (χ0n) is 7.83. The molecule has 1 fully saturated rings. The van der Waals surface area contributed by atoms with E-state index in [-0.39, 0.29) is 0 Å². The summed E-state index contributed by atoms with van der Waals surface area (Å²) in [4.78, 5) is 7.63. The van der Waals surface area contributed by atoms with Crippen LogP contribution in [0.25, 0.3) is 0 Å². The Hall–Kier alpha value is -1.23. The fourth-order valence-electron chi connectivity index (χ4n) is 1.55. The van der Waals surface area contributed by atoms with Gasteiger partial charge in [-0.15, -0.1) is 0 Å². The van der Waals surface area contributed by atoms with E-state index < -0.39 is 5.82 Å². The van der Waals surface area contributed by atoms with Gasteiger partial charge in [-0.05, 0) is 19.4 Å². The minimum Gasteiger partial charge on any atom is -0.353 e. The summed E-state index contributed by atoms with van der Waals surface area (Å²) in [6.45, 7) is 1.88. The summed E-state index contributed by atoms with van der Waals surface area (Å²) in [6.07, 6.45) is 4.72. The van der Waals surface area contributed by atoms with E-state index in [9.17, 15) is 4.39 Å². The summed E-state index contributed by atoms with van der Waals surface area (Å²) in [5.74, 6) is 0.0784. The average Bonchev–Trinajstić information content (AvgIpc) is 2.70. The largest absolute Gasteiger partial charge is 0.353 e. The fraction of sp³-hybridized carbons (Fsp3) is 0.556. The molecule has 1 atom stereocenters. The minimum absolute atomic E-state index is 0.408. The first-order valence-corrected chi connectivity index (χ1v) is 4.79. The maximum Gasteiger partial charge on any atom is 0.222 e. The number of hydrogen-bond acceptors (Lipinski definition) is 4. The molecule has 1 aromatic heterocycles. The van der Waals surface area contributed by atoms with Crippen molar-refractivity contribution in [2.24, 2.45) is 0 Å². The Bertz CT molecular complexity index is 281. The van der Waals surface area contributed by atoms with Crippen molar-refractivity contribution in [2.75, 3.05) is 18.4 Å². The van der Waals surface area contributed by atoms with Gasteiger partial charge in [0.05, 0.1) is 12.4 Å². The molecule has 14 heavy (non-hydrogen) atoms. The molecule has 1 aromatic rings. The van der Waals surface area contributed by atoms with Gasteiger partial charge in [-0.3, -0.25) is 0 Å². The van der Waals surface area contributed by atoms with Gasteiger partial charge in [0.2, 0.25) is 5.95 Å². The molecule has 0 saturated carbocycles. The Kier molecular flexibility index (Phi) is 2.88. The van der Waals surface area contributed by atoms with E-state index in [1.807, 2.05) is 0 Å². The number of nitrogens with zero attached hydrogens (tertiary/aromatic N) is 2. The summed E-state index contributed by atoms with van der Waals surface area (Å²) in [6, 6.07) is 0.489. The number of aromatic nitrogens is 2. The monoisotopic (exact) mass is 196 g/mol. The van der Waals surface area contributed by atoms with Crippen molar-refractivity contribution in [2.45, 2.75) is 18.9 Å². The van der Waals surface area contributed by atoms with Gasteiger partial charge >= 0.3 is 0 Å². The fourth-order valence-corrected chi connectivity index (χ4v) is 1.55. The molecule has 1 aliphatic heterocycles. The van der Waals surface area contributed by atoms with Gasteiger partial charge in [-0.25, -0.2) is 14.4 Å². The Balaban J connectivity index is 1.82. The maximum absolute atomic E-state index is 12.5. The summed E-state index contributed by atoms with van der Waals surface area (Å²) < 4.78 is 12.5. The Morgan fingerprint density at radius 2 is 2.29 bits per heavy atom. The highest BCUT2D eigenvalue weighted by atomic mass is 19.1. The lowest BCUT2D eigenvalue weighted by molar-refractivity contribution is 0.610. The van der Waals surface area contributed by atoms with Crippen molar-refractivity contribution >= 4 is 5.95 Å². The van der Waals surface area contributed by atoms with Crippen LogP contribution in [-0.4, -0.2) is 29.1 Å². The van der Waals surface area contributed by atoms with Crippen LogP contribution in [0.3, 0.4) is 0 Å². The van der Waals surface area contributed by atoms with E-state index in [1.54, 1.807) is 0 Å². The van der Waals surface area contributed by atoms with Gasteiger partial charge in [-0.2, -0.15) is 0 Å². The number of hydrogen-bond donors (Lipinski definition) is 2. The van der Waals surface area contributed by atoms with E-state index in [4.69, 9.17) is 0 Å². The zero-order chi connectivity index (χ0) is 9.80. The zero-order valence-corrected chi connectivity index (χ0v) is 7.83. The highest BCUT2D eigenvalue weighted by molar-refractivity contribution is 5.22. The van der Waals surface area contributed by atoms with Crippen molar-refractivity contribution in [3.8, 4) is 0 Å². The van der Waals surface area contributed by atoms with Gasteiger partial charge in [0.1, 0.15) is 0 Å². The Labute approximate surface area is 82.0 Å². The van der Waals surface area contributed by atoms with Crippen LogP contribution in [0.4, 0.5) is 10.3 Å². The predicted octanol–water partition coefficient (Wildman–Crippen LogP) is 0.780. The molecule has 0 aromatic carbocycles. The molecule has 2 rings (SSSR count). The van der Waals surface area contributed by atoms with E-state index >= 15 is 0 Å². The first-order valence-electron chi connectivity index (χ1n) is 4.79. The second kappa shape index (κ2) is 4.32. The summed E-state index contributed by atoms with van der Waals surface area (Å²) in [5, 5.41) is 6.41. The molecule has 0 aliphatic carbocycles. The molecule has 2 heterocycles. The third-order valence-corrected chi connectivity index (χ3v) is 2.29. The van der Waals surface area contributed by atoms with Gasteiger partial charge in [0.15, 0.2) is 5.82 Å². The van der Waals surface area contributed by atoms with Crippen LogP contribution in [0.2, 0.25) is 0 Å². The third-order valence-electron chi connectivity index (χ3n) is 2.29. The standard InChI is InChI=1S/C9H13FN4/c10-7-4-12-9(13-5-7)14-6-8-2-1-3-11-8/h4-5,8,11H,1-3,6H2,(H,12,13,14)/t8-/m0/s1. The number of halogens is 1. The topological polar surface area (TPSA) is 49.8 Å². The lowest BCUT2D eigenvalue weighted by Crippen LogP contribution is -2.29. The molecule has 4 nitrogen and oxygen atoms in total. The van der Waals surface area contributed by atoms with Crippen molar-refractivity contribution in [3.63, 3.8) is 0 Å². The van der Waals surface area contributed by atoms with E-state index in [2.05, 4.69) is 20.6 Å². The van der Waals surface area contributed by atoms with Gasteiger partial charge in [0.25, 0.3) is 0 Å². The normalized spacial score (nSPS) is 21.1. The Morgan fingerprint density at radius 1 is 1.50 bits per heavy atom. The highest BCUT2D eigenvalue weighted by Crippen LogP contribution is 2.05. The maximum atomic E-state index is 12.5. The first-order chi connectivity index (χ1) is 6.84. The van der Waals surface area contributed by atoms with Gasteiger partial charge < -0.3 is 10.6 Å². The van der Waals surface area contributed by atoms with Crippen molar-refractivity contribution in [3.05, 3.63) is 18.2 Å². The van der Waals surface area contributed by atoms with Crippen molar-refractivity contribution in [1.82, 2.24) is 15.3 Å². The molecule has 76 valence electrons. The molecular formula is C9H13FN4. The summed E-state index contributed by atoms with van der Waals surface area (Å²) in [7, 11) is 0. The quantitative estimate of drug-likeness (QED) is 0.750. The van der Waals surface area contributed by atoms with Crippen LogP contribution >= 0.6 is 0 Å². The molecule has 1 aliphatic rings. The van der Waals surface area contributed by atoms with Crippen LogP contribution in [0.5, 0.6) is 0 Å². The predicted molar refractivity (Wildman–Crippen MR) is 51.5 cm³/mol.